The van der Waals surface area contributed by atoms with Crippen LogP contribution in [-0.4, -0.2) is 41.7 Å². The molecule has 22 heavy (non-hydrogen) atoms. The lowest BCUT2D eigenvalue weighted by atomic mass is 10.1. The Bertz CT molecular complexity index is 499. The van der Waals surface area contributed by atoms with Gasteiger partial charge in [-0.2, -0.15) is 0 Å². The molecule has 1 fully saturated rings. The number of ether oxygens (including phenoxy) is 1. The van der Waals surface area contributed by atoms with Crippen molar-refractivity contribution in [3.8, 4) is 0 Å². The van der Waals surface area contributed by atoms with Gasteiger partial charge in [0.1, 0.15) is 5.69 Å². The number of carbonyl (C=O) groups is 1. The van der Waals surface area contributed by atoms with Crippen molar-refractivity contribution in [2.75, 3.05) is 25.0 Å². The second-order valence-electron chi connectivity index (χ2n) is 6.17. The molecule has 2 rings (SSSR count). The van der Waals surface area contributed by atoms with Crippen LogP contribution < -0.4 is 10.6 Å². The maximum absolute atomic E-state index is 12.2. The molecule has 1 atom stereocenters. The van der Waals surface area contributed by atoms with E-state index in [9.17, 15) is 4.79 Å². The lowest BCUT2D eigenvalue weighted by Crippen LogP contribution is -2.32. The van der Waals surface area contributed by atoms with Crippen molar-refractivity contribution in [3.05, 3.63) is 17.5 Å². The van der Waals surface area contributed by atoms with Crippen LogP contribution in [0, 0.1) is 12.8 Å². The number of aromatic nitrogens is 2. The third-order valence-corrected chi connectivity index (χ3v) is 3.61. The molecule has 1 aromatic heterocycles. The molecule has 0 saturated carbocycles. The van der Waals surface area contributed by atoms with Crippen LogP contribution in [0.15, 0.2) is 6.07 Å². The van der Waals surface area contributed by atoms with E-state index in [1.165, 1.54) is 0 Å². The molecule has 1 unspecified atom stereocenters. The molecule has 1 amide bonds. The van der Waals surface area contributed by atoms with Crippen molar-refractivity contribution in [2.24, 2.45) is 5.92 Å². The number of amides is 1. The molecular weight excluding hydrogens is 280 g/mol. The van der Waals surface area contributed by atoms with E-state index in [1.54, 1.807) is 6.07 Å². The van der Waals surface area contributed by atoms with Gasteiger partial charge in [-0.15, -0.1) is 0 Å². The number of aryl methyl sites for hydroxylation is 1. The number of nitrogens with zero attached hydrogens (tertiary/aromatic N) is 2. The van der Waals surface area contributed by atoms with Crippen LogP contribution in [0.4, 0.5) is 5.95 Å². The van der Waals surface area contributed by atoms with Gasteiger partial charge < -0.3 is 15.4 Å². The standard InChI is InChI=1S/C16H26N4O2/c1-11(2)6-7-17-16-19-12(3)9-14(20-16)15(21)18-10-13-5-4-8-22-13/h9,11,13H,4-8,10H2,1-3H3,(H,18,21)(H,17,19,20). The molecule has 1 aliphatic rings. The number of anilines is 1. The van der Waals surface area contributed by atoms with Gasteiger partial charge in [-0.3, -0.25) is 4.79 Å². The Kier molecular flexibility index (Phi) is 6.12. The molecule has 1 aliphatic heterocycles. The summed E-state index contributed by atoms with van der Waals surface area (Å²) in [5.41, 5.74) is 1.18. The van der Waals surface area contributed by atoms with Crippen molar-refractivity contribution in [2.45, 2.75) is 46.1 Å². The fourth-order valence-electron chi connectivity index (χ4n) is 2.34. The Morgan fingerprint density at radius 1 is 1.45 bits per heavy atom. The third kappa shape index (κ3) is 5.26. The first kappa shape index (κ1) is 16.7. The normalized spacial score (nSPS) is 17.7. The minimum Gasteiger partial charge on any atom is -0.376 e. The summed E-state index contributed by atoms with van der Waals surface area (Å²) in [4.78, 5) is 20.8. The summed E-state index contributed by atoms with van der Waals surface area (Å²) in [6.45, 7) is 8.34. The minimum absolute atomic E-state index is 0.135. The molecule has 1 saturated heterocycles. The fraction of sp³-hybridized carbons (Fsp3) is 0.688. The van der Waals surface area contributed by atoms with Crippen LogP contribution in [0.5, 0.6) is 0 Å². The smallest absolute Gasteiger partial charge is 0.270 e. The Balaban J connectivity index is 1.91. The molecular formula is C16H26N4O2. The summed E-state index contributed by atoms with van der Waals surface area (Å²) in [6, 6.07) is 1.71. The van der Waals surface area contributed by atoms with Gasteiger partial charge in [0.05, 0.1) is 6.10 Å². The average molecular weight is 306 g/mol. The lowest BCUT2D eigenvalue weighted by Gasteiger charge is -2.12. The Hall–Kier alpha value is -1.69. The van der Waals surface area contributed by atoms with Crippen LogP contribution in [0.2, 0.25) is 0 Å². The molecule has 0 bridgehead atoms. The molecule has 0 radical (unpaired) electrons. The summed E-state index contributed by atoms with van der Waals surface area (Å²) in [6.07, 6.45) is 3.25. The van der Waals surface area contributed by atoms with E-state index in [1.807, 2.05) is 6.92 Å². The number of hydrogen-bond acceptors (Lipinski definition) is 5. The van der Waals surface area contributed by atoms with Gasteiger partial charge in [0.15, 0.2) is 0 Å². The Morgan fingerprint density at radius 3 is 2.95 bits per heavy atom. The van der Waals surface area contributed by atoms with Crippen LogP contribution in [0.1, 0.15) is 49.3 Å². The molecule has 122 valence electrons. The zero-order valence-corrected chi connectivity index (χ0v) is 13.7. The van der Waals surface area contributed by atoms with Crippen molar-refractivity contribution < 1.29 is 9.53 Å². The van der Waals surface area contributed by atoms with E-state index >= 15 is 0 Å². The third-order valence-electron chi connectivity index (χ3n) is 3.61. The highest BCUT2D eigenvalue weighted by molar-refractivity contribution is 5.92. The highest BCUT2D eigenvalue weighted by Crippen LogP contribution is 2.11. The van der Waals surface area contributed by atoms with Crippen molar-refractivity contribution in [3.63, 3.8) is 0 Å². The van der Waals surface area contributed by atoms with E-state index in [0.717, 1.165) is 38.1 Å². The second kappa shape index (κ2) is 8.08. The first-order chi connectivity index (χ1) is 10.5. The van der Waals surface area contributed by atoms with Gasteiger partial charge in [0, 0.05) is 25.4 Å². The first-order valence-corrected chi connectivity index (χ1v) is 8.04. The Morgan fingerprint density at radius 2 is 2.27 bits per heavy atom. The molecule has 6 nitrogen and oxygen atoms in total. The highest BCUT2D eigenvalue weighted by atomic mass is 16.5. The summed E-state index contributed by atoms with van der Waals surface area (Å²) in [7, 11) is 0. The Labute approximate surface area is 132 Å². The molecule has 0 aliphatic carbocycles. The summed E-state index contributed by atoms with van der Waals surface area (Å²) < 4.78 is 5.50. The minimum atomic E-state index is -0.173. The fourth-order valence-corrected chi connectivity index (χ4v) is 2.34. The monoisotopic (exact) mass is 306 g/mol. The zero-order valence-electron chi connectivity index (χ0n) is 13.7. The lowest BCUT2D eigenvalue weighted by molar-refractivity contribution is 0.0853. The molecule has 2 heterocycles. The summed E-state index contributed by atoms with van der Waals surface area (Å²) in [5, 5.41) is 6.07. The molecule has 2 N–H and O–H groups in total. The van der Waals surface area contributed by atoms with Crippen molar-refractivity contribution in [1.29, 1.82) is 0 Å². The quantitative estimate of drug-likeness (QED) is 0.807. The topological polar surface area (TPSA) is 76.1 Å². The largest absolute Gasteiger partial charge is 0.376 e. The van der Waals surface area contributed by atoms with Crippen LogP contribution in [0.25, 0.3) is 0 Å². The number of nitrogens with one attached hydrogen (secondary N) is 2. The van der Waals surface area contributed by atoms with E-state index in [2.05, 4.69) is 34.4 Å². The maximum atomic E-state index is 12.2. The van der Waals surface area contributed by atoms with Gasteiger partial charge in [-0.25, -0.2) is 9.97 Å². The average Bonchev–Trinajstić information content (AvgIpc) is 2.97. The predicted octanol–water partition coefficient (Wildman–Crippen LogP) is 2.15. The van der Waals surface area contributed by atoms with Crippen LogP contribution >= 0.6 is 0 Å². The van der Waals surface area contributed by atoms with E-state index in [0.29, 0.717) is 24.1 Å². The van der Waals surface area contributed by atoms with Gasteiger partial charge >= 0.3 is 0 Å². The number of carbonyl (C=O) groups excluding carboxylic acids is 1. The number of rotatable bonds is 7. The van der Waals surface area contributed by atoms with Gasteiger partial charge in [-0.1, -0.05) is 13.8 Å². The molecule has 6 heteroatoms. The molecule has 0 spiro atoms. The molecule has 1 aromatic rings. The van der Waals surface area contributed by atoms with E-state index in [4.69, 9.17) is 4.74 Å². The van der Waals surface area contributed by atoms with Gasteiger partial charge in [0.2, 0.25) is 5.95 Å². The summed E-state index contributed by atoms with van der Waals surface area (Å²) >= 11 is 0. The van der Waals surface area contributed by atoms with E-state index in [-0.39, 0.29) is 12.0 Å². The molecule has 0 aromatic carbocycles. The van der Waals surface area contributed by atoms with Crippen LogP contribution in [-0.2, 0) is 4.74 Å². The highest BCUT2D eigenvalue weighted by Gasteiger charge is 2.17. The van der Waals surface area contributed by atoms with E-state index < -0.39 is 0 Å². The zero-order chi connectivity index (χ0) is 15.9. The number of hydrogen-bond donors (Lipinski definition) is 2. The summed E-state index contributed by atoms with van der Waals surface area (Å²) in [5.74, 6) is 0.960. The first-order valence-electron chi connectivity index (χ1n) is 8.04. The van der Waals surface area contributed by atoms with Crippen molar-refractivity contribution >= 4 is 11.9 Å². The predicted molar refractivity (Wildman–Crippen MR) is 86.0 cm³/mol. The van der Waals surface area contributed by atoms with Gasteiger partial charge in [-0.05, 0) is 38.2 Å². The maximum Gasteiger partial charge on any atom is 0.270 e. The second-order valence-corrected chi connectivity index (χ2v) is 6.17. The van der Waals surface area contributed by atoms with Gasteiger partial charge in [0.25, 0.3) is 5.91 Å². The van der Waals surface area contributed by atoms with Crippen molar-refractivity contribution in [1.82, 2.24) is 15.3 Å². The van der Waals surface area contributed by atoms with Crippen LogP contribution in [0.3, 0.4) is 0 Å². The SMILES string of the molecule is Cc1cc(C(=O)NCC2CCCO2)nc(NCCC(C)C)n1.